The number of benzene rings is 2. The third-order valence-electron chi connectivity index (χ3n) is 3.39. The maximum atomic E-state index is 11.8. The van der Waals surface area contributed by atoms with Gasteiger partial charge in [-0.3, -0.25) is 14.9 Å². The zero-order valence-electron chi connectivity index (χ0n) is 15.6. The molecule has 1 amide bonds. The Morgan fingerprint density at radius 2 is 1.79 bits per heavy atom. The van der Waals surface area contributed by atoms with E-state index in [0.717, 1.165) is 0 Å². The van der Waals surface area contributed by atoms with Crippen molar-refractivity contribution in [3.05, 3.63) is 58.1 Å². The summed E-state index contributed by atoms with van der Waals surface area (Å²) in [7, 11) is 0. The molecule has 0 bridgehead atoms. The van der Waals surface area contributed by atoms with Gasteiger partial charge in [0.2, 0.25) is 0 Å². The first-order chi connectivity index (χ1) is 13.5. The Kier molecular flexibility index (Phi) is 7.77. The Morgan fingerprint density at radius 3 is 2.50 bits per heavy atom. The summed E-state index contributed by atoms with van der Waals surface area (Å²) in [5.74, 6) is 0.674. The standard InChI is InChI=1S/C19H21N3O6/c1-3-26-17-10-9-14(11-18(17)27-4-2)12-20-21-19(23)13-28-16-8-6-5-7-15(16)22(24)25/h5-12H,3-4,13H2,1-2H3,(H,21,23)/b20-12-. The van der Waals surface area contributed by atoms with Gasteiger partial charge >= 0.3 is 5.69 Å². The van der Waals surface area contributed by atoms with Crippen molar-refractivity contribution in [3.8, 4) is 17.2 Å². The predicted molar refractivity (Wildman–Crippen MR) is 103 cm³/mol. The van der Waals surface area contributed by atoms with Gasteiger partial charge in [-0.05, 0) is 43.7 Å². The van der Waals surface area contributed by atoms with E-state index in [9.17, 15) is 14.9 Å². The molecule has 0 saturated heterocycles. The molecule has 0 saturated carbocycles. The number of nitrogens with zero attached hydrogens (tertiary/aromatic N) is 2. The van der Waals surface area contributed by atoms with Crippen LogP contribution in [0.2, 0.25) is 0 Å². The van der Waals surface area contributed by atoms with Gasteiger partial charge in [-0.25, -0.2) is 5.43 Å². The number of hydrogen-bond donors (Lipinski definition) is 1. The third kappa shape index (κ3) is 5.97. The van der Waals surface area contributed by atoms with Crippen molar-refractivity contribution in [2.75, 3.05) is 19.8 Å². The number of ether oxygens (including phenoxy) is 3. The zero-order chi connectivity index (χ0) is 20.4. The maximum absolute atomic E-state index is 11.8. The number of para-hydroxylation sites is 2. The van der Waals surface area contributed by atoms with Gasteiger partial charge in [0.15, 0.2) is 23.9 Å². The highest BCUT2D eigenvalue weighted by Crippen LogP contribution is 2.28. The van der Waals surface area contributed by atoms with Crippen LogP contribution in [0.3, 0.4) is 0 Å². The molecule has 9 heteroatoms. The molecule has 0 aliphatic carbocycles. The molecule has 2 rings (SSSR count). The second-order valence-corrected chi connectivity index (χ2v) is 5.38. The lowest BCUT2D eigenvalue weighted by molar-refractivity contribution is -0.385. The van der Waals surface area contributed by atoms with Gasteiger partial charge < -0.3 is 14.2 Å². The lowest BCUT2D eigenvalue weighted by Crippen LogP contribution is -2.24. The fraction of sp³-hybridized carbons (Fsp3) is 0.263. The third-order valence-corrected chi connectivity index (χ3v) is 3.39. The van der Waals surface area contributed by atoms with Crippen LogP contribution >= 0.6 is 0 Å². The molecular weight excluding hydrogens is 366 g/mol. The van der Waals surface area contributed by atoms with E-state index in [1.54, 1.807) is 24.3 Å². The van der Waals surface area contributed by atoms with E-state index < -0.39 is 17.4 Å². The lowest BCUT2D eigenvalue weighted by atomic mass is 10.2. The largest absolute Gasteiger partial charge is 0.490 e. The topological polar surface area (TPSA) is 112 Å². The van der Waals surface area contributed by atoms with Crippen molar-refractivity contribution in [1.29, 1.82) is 0 Å². The van der Waals surface area contributed by atoms with Gasteiger partial charge in [-0.1, -0.05) is 12.1 Å². The van der Waals surface area contributed by atoms with Crippen LogP contribution in [0.5, 0.6) is 17.2 Å². The first kappa shape index (κ1) is 20.7. The highest BCUT2D eigenvalue weighted by Gasteiger charge is 2.14. The van der Waals surface area contributed by atoms with Crippen LogP contribution < -0.4 is 19.6 Å². The summed E-state index contributed by atoms with van der Waals surface area (Å²) >= 11 is 0. The average molecular weight is 387 g/mol. The summed E-state index contributed by atoms with van der Waals surface area (Å²) in [5, 5.41) is 14.8. The number of nitro groups is 1. The maximum Gasteiger partial charge on any atom is 0.310 e. The Bertz CT molecular complexity index is 853. The monoisotopic (exact) mass is 387 g/mol. The fourth-order valence-corrected chi connectivity index (χ4v) is 2.23. The smallest absolute Gasteiger partial charge is 0.310 e. The summed E-state index contributed by atoms with van der Waals surface area (Å²) < 4.78 is 16.2. The van der Waals surface area contributed by atoms with Gasteiger partial charge in [0.25, 0.3) is 5.91 Å². The molecule has 0 spiro atoms. The van der Waals surface area contributed by atoms with Crippen LogP contribution in [0.1, 0.15) is 19.4 Å². The Balaban J connectivity index is 1.93. The average Bonchev–Trinajstić information content (AvgIpc) is 2.69. The van der Waals surface area contributed by atoms with Crippen LogP contribution in [-0.4, -0.2) is 36.9 Å². The minimum Gasteiger partial charge on any atom is -0.490 e. The molecule has 9 nitrogen and oxygen atoms in total. The zero-order valence-corrected chi connectivity index (χ0v) is 15.6. The summed E-state index contributed by atoms with van der Waals surface area (Å²) in [4.78, 5) is 22.2. The minimum atomic E-state index is -0.576. The van der Waals surface area contributed by atoms with Gasteiger partial charge in [0, 0.05) is 6.07 Å². The highest BCUT2D eigenvalue weighted by molar-refractivity contribution is 5.83. The SMILES string of the molecule is CCOc1ccc(/C=N\NC(=O)COc2ccccc2[N+](=O)[O-])cc1OCC. The van der Waals surface area contributed by atoms with E-state index >= 15 is 0 Å². The number of nitro benzene ring substituents is 1. The van der Waals surface area contributed by atoms with Crippen molar-refractivity contribution in [3.63, 3.8) is 0 Å². The normalized spacial score (nSPS) is 10.5. The van der Waals surface area contributed by atoms with E-state index in [1.807, 2.05) is 13.8 Å². The second-order valence-electron chi connectivity index (χ2n) is 5.38. The molecule has 0 aliphatic heterocycles. The highest BCUT2D eigenvalue weighted by atomic mass is 16.6. The van der Waals surface area contributed by atoms with Crippen LogP contribution in [-0.2, 0) is 4.79 Å². The summed E-state index contributed by atoms with van der Waals surface area (Å²) in [6, 6.07) is 11.1. The van der Waals surface area contributed by atoms with E-state index in [2.05, 4.69) is 10.5 Å². The van der Waals surface area contributed by atoms with Crippen LogP contribution in [0.25, 0.3) is 0 Å². The van der Waals surface area contributed by atoms with E-state index in [0.29, 0.717) is 30.3 Å². The summed E-state index contributed by atoms with van der Waals surface area (Å²) in [5.41, 5.74) is 2.79. The number of hydrazone groups is 1. The van der Waals surface area contributed by atoms with E-state index in [4.69, 9.17) is 14.2 Å². The number of rotatable bonds is 10. The van der Waals surface area contributed by atoms with Crippen LogP contribution in [0.15, 0.2) is 47.6 Å². The Labute approximate surface area is 162 Å². The van der Waals surface area contributed by atoms with Gasteiger partial charge in [-0.2, -0.15) is 5.10 Å². The number of hydrogen-bond acceptors (Lipinski definition) is 7. The van der Waals surface area contributed by atoms with Gasteiger partial charge in [-0.15, -0.1) is 0 Å². The fourth-order valence-electron chi connectivity index (χ4n) is 2.23. The Morgan fingerprint density at radius 1 is 1.07 bits per heavy atom. The minimum absolute atomic E-state index is 0.0134. The molecule has 28 heavy (non-hydrogen) atoms. The number of amides is 1. The van der Waals surface area contributed by atoms with Crippen molar-refractivity contribution >= 4 is 17.8 Å². The molecule has 0 radical (unpaired) electrons. The number of carbonyl (C=O) groups is 1. The van der Waals surface area contributed by atoms with Crippen LogP contribution in [0.4, 0.5) is 5.69 Å². The lowest BCUT2D eigenvalue weighted by Gasteiger charge is -2.11. The van der Waals surface area contributed by atoms with Crippen molar-refractivity contribution in [2.24, 2.45) is 5.10 Å². The summed E-state index contributed by atoms with van der Waals surface area (Å²) in [6.45, 7) is 4.35. The van der Waals surface area contributed by atoms with Crippen molar-refractivity contribution in [2.45, 2.75) is 13.8 Å². The van der Waals surface area contributed by atoms with Crippen molar-refractivity contribution < 1.29 is 23.9 Å². The molecule has 2 aromatic rings. The second kappa shape index (κ2) is 10.5. The summed E-state index contributed by atoms with van der Waals surface area (Å²) in [6.07, 6.45) is 1.45. The molecule has 1 N–H and O–H groups in total. The molecule has 0 aliphatic rings. The van der Waals surface area contributed by atoms with Crippen molar-refractivity contribution in [1.82, 2.24) is 5.43 Å². The molecule has 0 aromatic heterocycles. The molecule has 0 atom stereocenters. The molecule has 2 aromatic carbocycles. The van der Waals surface area contributed by atoms with Gasteiger partial charge in [0.1, 0.15) is 0 Å². The number of carbonyl (C=O) groups excluding carboxylic acids is 1. The molecule has 0 fully saturated rings. The predicted octanol–water partition coefficient (Wildman–Crippen LogP) is 2.92. The van der Waals surface area contributed by atoms with E-state index in [-0.39, 0.29) is 11.4 Å². The first-order valence-corrected chi connectivity index (χ1v) is 8.62. The van der Waals surface area contributed by atoms with Crippen LogP contribution in [0, 0.1) is 10.1 Å². The van der Waals surface area contributed by atoms with E-state index in [1.165, 1.54) is 24.4 Å². The number of nitrogens with one attached hydrogen (secondary N) is 1. The molecule has 148 valence electrons. The molecule has 0 heterocycles. The molecule has 0 unspecified atom stereocenters. The van der Waals surface area contributed by atoms with Gasteiger partial charge in [0.05, 0.1) is 24.4 Å². The quantitative estimate of drug-likeness (QED) is 0.381. The molecular formula is C19H21N3O6. The first-order valence-electron chi connectivity index (χ1n) is 8.62. The Hall–Kier alpha value is -3.62.